The standard InChI is InChI=1S/C19H14F3N5O3.C2HF3O2/c1-29-12-5-9(16(21)22)4-11(6-12)25-18-23-8-13(20)17(27-18)24-10-2-3-15-14(7-10)26-19(28)30-15;3-2(4,5)1(6)7/h2-8,16H,1H3,(H,26,28)(H2,23,24,25,27);(H,6,7). The number of alkyl halides is 5. The first-order valence-electron chi connectivity index (χ1n) is 9.82. The average Bonchev–Trinajstić information content (AvgIpc) is 3.20. The predicted octanol–water partition coefficient (Wildman–Crippen LogP) is 5.12. The van der Waals surface area contributed by atoms with Gasteiger partial charge in [-0.05, 0) is 30.3 Å². The molecule has 0 saturated heterocycles. The van der Waals surface area contributed by atoms with Crippen LogP contribution in [-0.2, 0) is 4.79 Å². The van der Waals surface area contributed by atoms with Gasteiger partial charge in [0.1, 0.15) is 5.75 Å². The summed E-state index contributed by atoms with van der Waals surface area (Å²) < 4.78 is 82.0. The van der Waals surface area contributed by atoms with Gasteiger partial charge in [-0.3, -0.25) is 4.98 Å². The summed E-state index contributed by atoms with van der Waals surface area (Å²) in [7, 11) is 1.36. The molecule has 0 unspecified atom stereocenters. The minimum atomic E-state index is -5.08. The van der Waals surface area contributed by atoms with Crippen LogP contribution in [0.1, 0.15) is 12.0 Å². The molecule has 0 aliphatic carbocycles. The third-order valence-electron chi connectivity index (χ3n) is 4.34. The molecule has 2 heterocycles. The van der Waals surface area contributed by atoms with E-state index in [1.165, 1.54) is 31.4 Å². The Bertz CT molecular complexity index is 1470. The van der Waals surface area contributed by atoms with Crippen molar-refractivity contribution in [2.24, 2.45) is 0 Å². The third kappa shape index (κ3) is 7.12. The fourth-order valence-corrected chi connectivity index (χ4v) is 2.75. The Hall–Kier alpha value is -4.76. The van der Waals surface area contributed by atoms with E-state index in [0.29, 0.717) is 16.8 Å². The van der Waals surface area contributed by atoms with E-state index in [1.807, 2.05) is 0 Å². The highest BCUT2D eigenvalue weighted by molar-refractivity contribution is 5.78. The van der Waals surface area contributed by atoms with E-state index in [-0.39, 0.29) is 28.8 Å². The van der Waals surface area contributed by atoms with Crippen LogP contribution in [0.15, 0.2) is 51.8 Å². The molecule has 0 spiro atoms. The van der Waals surface area contributed by atoms with Crippen LogP contribution >= 0.6 is 0 Å². The highest BCUT2D eigenvalue weighted by atomic mass is 19.4. The van der Waals surface area contributed by atoms with Crippen LogP contribution in [0.3, 0.4) is 0 Å². The maximum Gasteiger partial charge on any atom is 0.490 e. The smallest absolute Gasteiger partial charge is 0.490 e. The second kappa shape index (κ2) is 10.9. The van der Waals surface area contributed by atoms with Gasteiger partial charge in [0.15, 0.2) is 17.2 Å². The number of aromatic nitrogens is 3. The fraction of sp³-hybridized carbons (Fsp3) is 0.143. The summed E-state index contributed by atoms with van der Waals surface area (Å²) >= 11 is 0. The Balaban J connectivity index is 0.000000479. The number of hydrogen-bond donors (Lipinski definition) is 4. The number of hydrogen-bond acceptors (Lipinski definition) is 8. The minimum absolute atomic E-state index is 0.0230. The Morgan fingerprint density at radius 1 is 1.14 bits per heavy atom. The number of oxazole rings is 1. The van der Waals surface area contributed by atoms with Crippen LogP contribution in [0.5, 0.6) is 5.75 Å². The molecule has 196 valence electrons. The molecule has 4 aromatic rings. The van der Waals surface area contributed by atoms with Gasteiger partial charge in [-0.15, -0.1) is 0 Å². The number of benzene rings is 2. The minimum Gasteiger partial charge on any atom is -0.497 e. The molecule has 0 amide bonds. The zero-order valence-electron chi connectivity index (χ0n) is 18.4. The lowest BCUT2D eigenvalue weighted by Crippen LogP contribution is -2.21. The van der Waals surface area contributed by atoms with Crippen molar-refractivity contribution in [2.75, 3.05) is 17.7 Å². The van der Waals surface area contributed by atoms with E-state index in [9.17, 15) is 31.1 Å². The molecule has 0 atom stereocenters. The SMILES string of the molecule is COc1cc(Nc2ncc(F)c(Nc3ccc4oc(=O)[nH]c4c3)n2)cc(C(F)F)c1.O=C(O)C(F)(F)F. The molecule has 0 saturated carbocycles. The van der Waals surface area contributed by atoms with Crippen molar-refractivity contribution in [3.05, 3.63) is 64.5 Å². The summed E-state index contributed by atoms with van der Waals surface area (Å²) in [6, 6.07) is 8.57. The quantitative estimate of drug-likeness (QED) is 0.250. The number of nitrogens with one attached hydrogen (secondary N) is 3. The fourth-order valence-electron chi connectivity index (χ4n) is 2.75. The van der Waals surface area contributed by atoms with Crippen molar-refractivity contribution in [3.63, 3.8) is 0 Å². The van der Waals surface area contributed by atoms with Crippen LogP contribution in [-0.4, -0.2) is 39.3 Å². The second-order valence-electron chi connectivity index (χ2n) is 6.96. The van der Waals surface area contributed by atoms with Gasteiger partial charge in [-0.25, -0.2) is 27.7 Å². The first-order valence-corrected chi connectivity index (χ1v) is 9.82. The van der Waals surface area contributed by atoms with E-state index in [4.69, 9.17) is 19.1 Å². The zero-order chi connectivity index (χ0) is 27.3. The van der Waals surface area contributed by atoms with Gasteiger partial charge in [-0.1, -0.05) is 0 Å². The number of H-pyrrole nitrogens is 1. The van der Waals surface area contributed by atoms with Crippen LogP contribution in [0.2, 0.25) is 0 Å². The molecule has 4 N–H and O–H groups in total. The van der Waals surface area contributed by atoms with Crippen molar-refractivity contribution >= 4 is 40.2 Å². The number of aromatic amines is 1. The zero-order valence-corrected chi connectivity index (χ0v) is 18.4. The number of rotatable bonds is 6. The summed E-state index contributed by atoms with van der Waals surface area (Å²) in [5.74, 6) is -4.06. The van der Waals surface area contributed by atoms with Crippen LogP contribution in [0.25, 0.3) is 11.1 Å². The maximum absolute atomic E-state index is 14.2. The Morgan fingerprint density at radius 3 is 2.46 bits per heavy atom. The van der Waals surface area contributed by atoms with E-state index >= 15 is 0 Å². The van der Waals surface area contributed by atoms with E-state index in [2.05, 4.69) is 25.6 Å². The summed E-state index contributed by atoms with van der Waals surface area (Å²) in [6.07, 6.45) is -6.85. The number of fused-ring (bicyclic) bond motifs is 1. The Kier molecular flexibility index (Phi) is 7.89. The molecule has 2 aromatic heterocycles. The van der Waals surface area contributed by atoms with Crippen LogP contribution in [0.4, 0.5) is 49.5 Å². The van der Waals surface area contributed by atoms with Crippen molar-refractivity contribution in [1.29, 1.82) is 0 Å². The first kappa shape index (κ1) is 26.8. The van der Waals surface area contributed by atoms with Gasteiger partial charge in [0.2, 0.25) is 5.95 Å². The molecule has 37 heavy (non-hydrogen) atoms. The number of methoxy groups -OCH3 is 1. The van der Waals surface area contributed by atoms with E-state index in [0.717, 1.165) is 6.20 Å². The number of carboxylic acid groups (broad SMARTS) is 1. The monoisotopic (exact) mass is 531 g/mol. The van der Waals surface area contributed by atoms with Crippen molar-refractivity contribution in [1.82, 2.24) is 15.0 Å². The Morgan fingerprint density at radius 2 is 1.84 bits per heavy atom. The van der Waals surface area contributed by atoms with Crippen molar-refractivity contribution < 1.29 is 45.4 Å². The topological polar surface area (TPSA) is 142 Å². The van der Waals surface area contributed by atoms with Gasteiger partial charge in [0.25, 0.3) is 6.43 Å². The Labute approximate surface area is 201 Å². The molecule has 2 aromatic carbocycles. The first-order chi connectivity index (χ1) is 17.3. The second-order valence-corrected chi connectivity index (χ2v) is 6.96. The summed E-state index contributed by atoms with van der Waals surface area (Å²) in [6.45, 7) is 0. The number of aliphatic carboxylic acids is 1. The van der Waals surface area contributed by atoms with Gasteiger partial charge < -0.3 is 24.9 Å². The highest BCUT2D eigenvalue weighted by Crippen LogP contribution is 2.29. The average molecular weight is 531 g/mol. The lowest BCUT2D eigenvalue weighted by atomic mass is 10.2. The van der Waals surface area contributed by atoms with Gasteiger partial charge in [0, 0.05) is 23.0 Å². The largest absolute Gasteiger partial charge is 0.497 e. The normalized spacial score (nSPS) is 11.1. The summed E-state index contributed by atoms with van der Waals surface area (Å²) in [4.78, 5) is 30.5. The number of carbonyl (C=O) groups is 1. The van der Waals surface area contributed by atoms with E-state index < -0.39 is 30.1 Å². The van der Waals surface area contributed by atoms with Gasteiger partial charge in [0.05, 0.1) is 18.8 Å². The molecule has 0 aliphatic rings. The molecule has 0 bridgehead atoms. The van der Waals surface area contributed by atoms with Crippen LogP contribution in [0, 0.1) is 5.82 Å². The predicted molar refractivity (Wildman–Crippen MR) is 117 cm³/mol. The number of halogens is 6. The number of nitrogens with zero attached hydrogens (tertiary/aromatic N) is 2. The molecule has 10 nitrogen and oxygen atoms in total. The summed E-state index contributed by atoms with van der Waals surface area (Å²) in [5, 5.41) is 12.7. The lowest BCUT2D eigenvalue weighted by molar-refractivity contribution is -0.192. The molecule has 0 radical (unpaired) electrons. The summed E-state index contributed by atoms with van der Waals surface area (Å²) in [5.41, 5.74) is 1.21. The molecular formula is C21H15F6N5O5. The van der Waals surface area contributed by atoms with Crippen LogP contribution < -0.4 is 21.1 Å². The molecular weight excluding hydrogens is 516 g/mol. The third-order valence-corrected chi connectivity index (χ3v) is 4.34. The lowest BCUT2D eigenvalue weighted by Gasteiger charge is -2.12. The number of carboxylic acids is 1. The molecule has 16 heteroatoms. The van der Waals surface area contributed by atoms with Gasteiger partial charge >= 0.3 is 17.9 Å². The maximum atomic E-state index is 14.2. The number of anilines is 4. The molecule has 4 rings (SSSR count). The van der Waals surface area contributed by atoms with Gasteiger partial charge in [-0.2, -0.15) is 18.2 Å². The number of ether oxygens (including phenoxy) is 1. The molecule has 0 aliphatic heterocycles. The van der Waals surface area contributed by atoms with Crippen molar-refractivity contribution in [2.45, 2.75) is 12.6 Å². The highest BCUT2D eigenvalue weighted by Gasteiger charge is 2.38. The molecule has 0 fully saturated rings. The van der Waals surface area contributed by atoms with Crippen molar-refractivity contribution in [3.8, 4) is 5.75 Å². The van der Waals surface area contributed by atoms with E-state index in [1.54, 1.807) is 12.1 Å².